The van der Waals surface area contributed by atoms with Crippen LogP contribution in [0.5, 0.6) is 0 Å². The molecule has 0 aliphatic rings. The number of hydrogen-bond acceptors (Lipinski definition) is 1. The Hall–Kier alpha value is -1.31. The SMILES string of the molecule is CCc1cccc(CC(CC)C(N)=O)c1. The summed E-state index contributed by atoms with van der Waals surface area (Å²) >= 11 is 0. The molecular weight excluding hydrogens is 186 g/mol. The minimum Gasteiger partial charge on any atom is -0.369 e. The number of carbonyl (C=O) groups is 1. The molecule has 15 heavy (non-hydrogen) atoms. The summed E-state index contributed by atoms with van der Waals surface area (Å²) in [5, 5.41) is 0. The number of primary amides is 1. The number of rotatable bonds is 5. The molecule has 1 amide bonds. The third kappa shape index (κ3) is 3.39. The van der Waals surface area contributed by atoms with E-state index in [9.17, 15) is 4.79 Å². The monoisotopic (exact) mass is 205 g/mol. The van der Waals surface area contributed by atoms with Crippen LogP contribution in [0, 0.1) is 5.92 Å². The lowest BCUT2D eigenvalue weighted by molar-refractivity contribution is -0.121. The van der Waals surface area contributed by atoms with Crippen LogP contribution in [0.4, 0.5) is 0 Å². The van der Waals surface area contributed by atoms with Gasteiger partial charge in [0.25, 0.3) is 0 Å². The zero-order valence-corrected chi connectivity index (χ0v) is 9.49. The lowest BCUT2D eigenvalue weighted by Crippen LogP contribution is -2.24. The Morgan fingerprint density at radius 3 is 2.53 bits per heavy atom. The molecule has 1 unspecified atom stereocenters. The summed E-state index contributed by atoms with van der Waals surface area (Å²) in [7, 11) is 0. The summed E-state index contributed by atoms with van der Waals surface area (Å²) < 4.78 is 0. The maximum Gasteiger partial charge on any atom is 0.220 e. The Bertz CT molecular complexity index is 333. The van der Waals surface area contributed by atoms with Gasteiger partial charge in [0.15, 0.2) is 0 Å². The van der Waals surface area contributed by atoms with E-state index in [1.54, 1.807) is 0 Å². The highest BCUT2D eigenvalue weighted by Crippen LogP contribution is 2.13. The van der Waals surface area contributed by atoms with Gasteiger partial charge in [-0.2, -0.15) is 0 Å². The van der Waals surface area contributed by atoms with Crippen LogP contribution >= 0.6 is 0 Å². The van der Waals surface area contributed by atoms with Gasteiger partial charge >= 0.3 is 0 Å². The molecule has 82 valence electrons. The molecule has 0 aromatic heterocycles. The van der Waals surface area contributed by atoms with Crippen LogP contribution < -0.4 is 5.73 Å². The third-order valence-electron chi connectivity index (χ3n) is 2.78. The molecule has 1 aromatic carbocycles. The first-order valence-corrected chi connectivity index (χ1v) is 5.54. The molecule has 0 heterocycles. The molecular formula is C13H19NO. The topological polar surface area (TPSA) is 43.1 Å². The van der Waals surface area contributed by atoms with Crippen molar-refractivity contribution >= 4 is 5.91 Å². The van der Waals surface area contributed by atoms with Crippen molar-refractivity contribution in [3.8, 4) is 0 Å². The fourth-order valence-corrected chi connectivity index (χ4v) is 1.71. The average molecular weight is 205 g/mol. The smallest absolute Gasteiger partial charge is 0.220 e. The molecule has 0 aliphatic heterocycles. The second-order valence-electron chi connectivity index (χ2n) is 3.89. The van der Waals surface area contributed by atoms with Crippen molar-refractivity contribution in [2.75, 3.05) is 0 Å². The quantitative estimate of drug-likeness (QED) is 0.787. The van der Waals surface area contributed by atoms with Crippen LogP contribution in [-0.2, 0) is 17.6 Å². The molecule has 1 atom stereocenters. The fraction of sp³-hybridized carbons (Fsp3) is 0.462. The van der Waals surface area contributed by atoms with Gasteiger partial charge in [0.1, 0.15) is 0 Å². The minimum atomic E-state index is -0.195. The predicted octanol–water partition coefficient (Wildman–Crippen LogP) is 2.30. The van der Waals surface area contributed by atoms with Gasteiger partial charge in [-0.05, 0) is 30.4 Å². The van der Waals surface area contributed by atoms with Gasteiger partial charge in [-0.15, -0.1) is 0 Å². The Balaban J connectivity index is 2.74. The number of hydrogen-bond donors (Lipinski definition) is 1. The van der Waals surface area contributed by atoms with E-state index in [4.69, 9.17) is 5.73 Å². The third-order valence-corrected chi connectivity index (χ3v) is 2.78. The molecule has 0 saturated heterocycles. The van der Waals surface area contributed by atoms with Crippen molar-refractivity contribution < 1.29 is 4.79 Å². The Labute approximate surface area is 91.5 Å². The van der Waals surface area contributed by atoms with Crippen molar-refractivity contribution in [1.29, 1.82) is 0 Å². The Morgan fingerprint density at radius 2 is 2.00 bits per heavy atom. The number of aryl methyl sites for hydroxylation is 1. The summed E-state index contributed by atoms with van der Waals surface area (Å²) in [5.74, 6) is -0.225. The highest BCUT2D eigenvalue weighted by Gasteiger charge is 2.13. The lowest BCUT2D eigenvalue weighted by Gasteiger charge is -2.11. The minimum absolute atomic E-state index is 0.0305. The number of carbonyl (C=O) groups excluding carboxylic acids is 1. The van der Waals surface area contributed by atoms with Gasteiger partial charge < -0.3 is 5.73 Å². The molecule has 2 heteroatoms. The van der Waals surface area contributed by atoms with Gasteiger partial charge in [0, 0.05) is 5.92 Å². The first-order chi connectivity index (χ1) is 7.17. The van der Waals surface area contributed by atoms with Crippen LogP contribution in [0.2, 0.25) is 0 Å². The number of nitrogens with two attached hydrogens (primary N) is 1. The first kappa shape index (κ1) is 11.8. The summed E-state index contributed by atoms with van der Waals surface area (Å²) in [6, 6.07) is 8.37. The summed E-state index contributed by atoms with van der Waals surface area (Å²) in [6.45, 7) is 4.13. The largest absolute Gasteiger partial charge is 0.369 e. The maximum absolute atomic E-state index is 11.1. The van der Waals surface area contributed by atoms with Gasteiger partial charge in [0.05, 0.1) is 0 Å². The van der Waals surface area contributed by atoms with Gasteiger partial charge in [-0.1, -0.05) is 38.1 Å². The van der Waals surface area contributed by atoms with Crippen molar-refractivity contribution in [2.45, 2.75) is 33.1 Å². The van der Waals surface area contributed by atoms with Crippen molar-refractivity contribution in [3.05, 3.63) is 35.4 Å². The second kappa shape index (κ2) is 5.54. The van der Waals surface area contributed by atoms with Crippen LogP contribution in [-0.4, -0.2) is 5.91 Å². The van der Waals surface area contributed by atoms with Gasteiger partial charge in [-0.3, -0.25) is 4.79 Å². The normalized spacial score (nSPS) is 12.4. The number of amides is 1. The molecule has 0 aliphatic carbocycles. The van der Waals surface area contributed by atoms with Crippen molar-refractivity contribution in [3.63, 3.8) is 0 Å². The van der Waals surface area contributed by atoms with Gasteiger partial charge in [-0.25, -0.2) is 0 Å². The molecule has 0 spiro atoms. The van der Waals surface area contributed by atoms with Crippen molar-refractivity contribution in [2.24, 2.45) is 11.7 Å². The maximum atomic E-state index is 11.1. The van der Waals surface area contributed by atoms with E-state index in [1.165, 1.54) is 11.1 Å². The lowest BCUT2D eigenvalue weighted by atomic mass is 9.95. The van der Waals surface area contributed by atoms with E-state index in [-0.39, 0.29) is 11.8 Å². The summed E-state index contributed by atoms with van der Waals surface area (Å²) in [6.07, 6.45) is 2.60. The van der Waals surface area contributed by atoms with E-state index in [0.29, 0.717) is 0 Å². The van der Waals surface area contributed by atoms with Crippen molar-refractivity contribution in [1.82, 2.24) is 0 Å². The van der Waals surface area contributed by atoms with E-state index in [2.05, 4.69) is 25.1 Å². The highest BCUT2D eigenvalue weighted by molar-refractivity contribution is 5.76. The molecule has 0 radical (unpaired) electrons. The van der Waals surface area contributed by atoms with Crippen LogP contribution in [0.1, 0.15) is 31.4 Å². The van der Waals surface area contributed by atoms with E-state index < -0.39 is 0 Å². The molecule has 0 saturated carbocycles. The first-order valence-electron chi connectivity index (χ1n) is 5.54. The zero-order valence-electron chi connectivity index (χ0n) is 9.49. The van der Waals surface area contributed by atoms with Crippen LogP contribution in [0.25, 0.3) is 0 Å². The fourth-order valence-electron chi connectivity index (χ4n) is 1.71. The average Bonchev–Trinajstić information content (AvgIpc) is 2.25. The van der Waals surface area contributed by atoms with Crippen LogP contribution in [0.15, 0.2) is 24.3 Å². The summed E-state index contributed by atoms with van der Waals surface area (Å²) in [4.78, 5) is 11.1. The molecule has 2 N–H and O–H groups in total. The molecule has 1 rings (SSSR count). The standard InChI is InChI=1S/C13H19NO/c1-3-10-6-5-7-11(8-10)9-12(4-2)13(14)15/h5-8,12H,3-4,9H2,1-2H3,(H2,14,15). The Kier molecular flexibility index (Phi) is 4.35. The number of benzene rings is 1. The molecule has 0 bridgehead atoms. The predicted molar refractivity (Wildman–Crippen MR) is 62.5 cm³/mol. The van der Waals surface area contributed by atoms with E-state index >= 15 is 0 Å². The van der Waals surface area contributed by atoms with E-state index in [1.807, 2.05) is 13.0 Å². The van der Waals surface area contributed by atoms with E-state index in [0.717, 1.165) is 19.3 Å². The second-order valence-corrected chi connectivity index (χ2v) is 3.89. The summed E-state index contributed by atoms with van der Waals surface area (Å²) in [5.41, 5.74) is 7.85. The van der Waals surface area contributed by atoms with Gasteiger partial charge in [0.2, 0.25) is 5.91 Å². The highest BCUT2D eigenvalue weighted by atomic mass is 16.1. The molecule has 2 nitrogen and oxygen atoms in total. The zero-order chi connectivity index (χ0) is 11.3. The molecule has 1 aromatic rings. The van der Waals surface area contributed by atoms with Crippen LogP contribution in [0.3, 0.4) is 0 Å². The molecule has 0 fully saturated rings. The Morgan fingerprint density at radius 1 is 1.33 bits per heavy atom.